The second-order valence-corrected chi connectivity index (χ2v) is 4.37. The fraction of sp³-hybridized carbons (Fsp3) is 0.200. The second kappa shape index (κ2) is 4.66. The van der Waals surface area contributed by atoms with E-state index in [1.165, 1.54) is 18.2 Å². The monoisotopic (exact) mass is 232 g/mol. The Morgan fingerprint density at radius 3 is 1.82 bits per heavy atom. The minimum absolute atomic E-state index is 0.0443. The van der Waals surface area contributed by atoms with Gasteiger partial charge >= 0.3 is 0 Å². The van der Waals surface area contributed by atoms with Crippen LogP contribution in [0.5, 0.6) is 0 Å². The molecule has 2 heteroatoms. The van der Waals surface area contributed by atoms with E-state index in [-0.39, 0.29) is 5.56 Å². The average Bonchev–Trinajstić information content (AvgIpc) is 2.29. The van der Waals surface area contributed by atoms with Crippen LogP contribution in [0.1, 0.15) is 25.3 Å². The Kier molecular flexibility index (Phi) is 3.23. The van der Waals surface area contributed by atoms with E-state index in [1.54, 1.807) is 12.1 Å². The van der Waals surface area contributed by atoms with E-state index in [0.29, 0.717) is 11.5 Å². The van der Waals surface area contributed by atoms with Gasteiger partial charge in [-0.25, -0.2) is 8.78 Å². The summed E-state index contributed by atoms with van der Waals surface area (Å²) in [6.45, 7) is 4.16. The topological polar surface area (TPSA) is 0 Å². The predicted octanol–water partition coefficient (Wildman–Crippen LogP) is 4.76. The quantitative estimate of drug-likeness (QED) is 0.700. The van der Waals surface area contributed by atoms with Crippen molar-refractivity contribution < 1.29 is 8.78 Å². The maximum atomic E-state index is 13.6. The SMILES string of the molecule is CC(C)c1ccc(-c2c(F)cccc2F)cc1. The molecular formula is C15H14F2. The van der Waals surface area contributed by atoms with Gasteiger partial charge in [0.1, 0.15) is 11.6 Å². The van der Waals surface area contributed by atoms with Crippen LogP contribution in [0.3, 0.4) is 0 Å². The van der Waals surface area contributed by atoms with Crippen molar-refractivity contribution in [1.82, 2.24) is 0 Å². The van der Waals surface area contributed by atoms with Crippen molar-refractivity contribution in [2.75, 3.05) is 0 Å². The van der Waals surface area contributed by atoms with Crippen LogP contribution in [0.4, 0.5) is 8.78 Å². The Morgan fingerprint density at radius 1 is 0.824 bits per heavy atom. The second-order valence-electron chi connectivity index (χ2n) is 4.37. The first-order chi connectivity index (χ1) is 8.09. The minimum Gasteiger partial charge on any atom is -0.206 e. The van der Waals surface area contributed by atoms with Gasteiger partial charge in [-0.1, -0.05) is 44.2 Å². The molecule has 88 valence electrons. The van der Waals surface area contributed by atoms with Gasteiger partial charge in [0, 0.05) is 0 Å². The van der Waals surface area contributed by atoms with Crippen molar-refractivity contribution in [3.05, 3.63) is 59.7 Å². The lowest BCUT2D eigenvalue weighted by atomic mass is 9.98. The molecule has 0 atom stereocenters. The molecule has 2 aromatic carbocycles. The summed E-state index contributed by atoms with van der Waals surface area (Å²) in [6, 6.07) is 11.3. The average molecular weight is 232 g/mol. The Bertz CT molecular complexity index is 493. The van der Waals surface area contributed by atoms with Crippen molar-refractivity contribution >= 4 is 0 Å². The number of rotatable bonds is 2. The molecule has 2 aromatic rings. The first kappa shape index (κ1) is 11.8. The molecule has 0 aliphatic carbocycles. The summed E-state index contributed by atoms with van der Waals surface area (Å²) in [4.78, 5) is 0. The zero-order chi connectivity index (χ0) is 12.4. The summed E-state index contributed by atoms with van der Waals surface area (Å²) in [5.74, 6) is -0.640. The Balaban J connectivity index is 2.47. The summed E-state index contributed by atoms with van der Waals surface area (Å²) in [5.41, 5.74) is 1.78. The van der Waals surface area contributed by atoms with Gasteiger partial charge in [0.15, 0.2) is 0 Å². The molecule has 0 radical (unpaired) electrons. The smallest absolute Gasteiger partial charge is 0.133 e. The lowest BCUT2D eigenvalue weighted by Gasteiger charge is -2.08. The van der Waals surface area contributed by atoms with E-state index in [1.807, 2.05) is 12.1 Å². The standard InChI is InChI=1S/C15H14F2/c1-10(2)11-6-8-12(9-7-11)15-13(16)4-3-5-14(15)17/h3-10H,1-2H3. The van der Waals surface area contributed by atoms with Gasteiger partial charge < -0.3 is 0 Å². The molecule has 17 heavy (non-hydrogen) atoms. The summed E-state index contributed by atoms with van der Waals surface area (Å²) in [7, 11) is 0. The third-order valence-electron chi connectivity index (χ3n) is 2.83. The van der Waals surface area contributed by atoms with Gasteiger partial charge in [-0.05, 0) is 29.2 Å². The zero-order valence-electron chi connectivity index (χ0n) is 9.87. The molecule has 0 saturated heterocycles. The number of hydrogen-bond donors (Lipinski definition) is 0. The van der Waals surface area contributed by atoms with Crippen LogP contribution >= 0.6 is 0 Å². The van der Waals surface area contributed by atoms with Crippen molar-refractivity contribution in [3.63, 3.8) is 0 Å². The molecule has 0 aromatic heterocycles. The molecule has 0 nitrogen and oxygen atoms in total. The maximum Gasteiger partial charge on any atom is 0.133 e. The van der Waals surface area contributed by atoms with Gasteiger partial charge in [-0.3, -0.25) is 0 Å². The Hall–Kier alpha value is -1.70. The minimum atomic E-state index is -0.526. The van der Waals surface area contributed by atoms with Crippen LogP contribution in [-0.4, -0.2) is 0 Å². The van der Waals surface area contributed by atoms with Gasteiger partial charge in [-0.2, -0.15) is 0 Å². The van der Waals surface area contributed by atoms with Crippen molar-refractivity contribution in [3.8, 4) is 11.1 Å². The van der Waals surface area contributed by atoms with Gasteiger partial charge in [-0.15, -0.1) is 0 Å². The van der Waals surface area contributed by atoms with Crippen LogP contribution in [0.2, 0.25) is 0 Å². The van der Waals surface area contributed by atoms with Crippen LogP contribution < -0.4 is 0 Å². The summed E-state index contributed by atoms with van der Waals surface area (Å²) >= 11 is 0. The summed E-state index contributed by atoms with van der Waals surface area (Å²) in [5, 5.41) is 0. The van der Waals surface area contributed by atoms with Crippen LogP contribution in [0.25, 0.3) is 11.1 Å². The van der Waals surface area contributed by atoms with Crippen molar-refractivity contribution in [2.45, 2.75) is 19.8 Å². The first-order valence-corrected chi connectivity index (χ1v) is 5.64. The highest BCUT2D eigenvalue weighted by Gasteiger charge is 2.10. The largest absolute Gasteiger partial charge is 0.206 e. The van der Waals surface area contributed by atoms with Gasteiger partial charge in [0.2, 0.25) is 0 Å². The van der Waals surface area contributed by atoms with E-state index in [9.17, 15) is 8.78 Å². The van der Waals surface area contributed by atoms with E-state index in [2.05, 4.69) is 13.8 Å². The third kappa shape index (κ3) is 2.36. The molecule has 0 heterocycles. The van der Waals surface area contributed by atoms with Crippen LogP contribution in [0.15, 0.2) is 42.5 Å². The Morgan fingerprint density at radius 2 is 1.35 bits per heavy atom. The number of halogens is 2. The lowest BCUT2D eigenvalue weighted by molar-refractivity contribution is 0.589. The molecule has 0 aliphatic rings. The van der Waals surface area contributed by atoms with E-state index in [0.717, 1.165) is 5.56 Å². The van der Waals surface area contributed by atoms with E-state index in [4.69, 9.17) is 0 Å². The fourth-order valence-corrected chi connectivity index (χ4v) is 1.81. The normalized spacial score (nSPS) is 10.9. The number of benzene rings is 2. The van der Waals surface area contributed by atoms with Gasteiger partial charge in [0.25, 0.3) is 0 Å². The maximum absolute atomic E-state index is 13.6. The van der Waals surface area contributed by atoms with Gasteiger partial charge in [0.05, 0.1) is 5.56 Å². The molecule has 0 N–H and O–H groups in total. The highest BCUT2D eigenvalue weighted by atomic mass is 19.1. The highest BCUT2D eigenvalue weighted by Crippen LogP contribution is 2.27. The van der Waals surface area contributed by atoms with E-state index < -0.39 is 11.6 Å². The third-order valence-corrected chi connectivity index (χ3v) is 2.83. The first-order valence-electron chi connectivity index (χ1n) is 5.64. The lowest BCUT2D eigenvalue weighted by Crippen LogP contribution is -1.91. The van der Waals surface area contributed by atoms with Crippen LogP contribution in [0, 0.1) is 11.6 Å². The van der Waals surface area contributed by atoms with Crippen molar-refractivity contribution in [2.24, 2.45) is 0 Å². The fourth-order valence-electron chi connectivity index (χ4n) is 1.81. The molecule has 0 bridgehead atoms. The van der Waals surface area contributed by atoms with Crippen LogP contribution in [-0.2, 0) is 0 Å². The molecule has 0 spiro atoms. The molecule has 0 aliphatic heterocycles. The predicted molar refractivity (Wildman–Crippen MR) is 65.9 cm³/mol. The summed E-state index contributed by atoms with van der Waals surface area (Å²) in [6.07, 6.45) is 0. The molecule has 0 saturated carbocycles. The number of hydrogen-bond acceptors (Lipinski definition) is 0. The zero-order valence-corrected chi connectivity index (χ0v) is 9.87. The molecule has 0 amide bonds. The molecule has 0 fully saturated rings. The summed E-state index contributed by atoms with van der Waals surface area (Å²) < 4.78 is 27.1. The highest BCUT2D eigenvalue weighted by molar-refractivity contribution is 5.65. The Labute approximate surface area is 99.9 Å². The molecule has 0 unspecified atom stereocenters. The molecule has 2 rings (SSSR count). The molecular weight excluding hydrogens is 218 g/mol. The van der Waals surface area contributed by atoms with E-state index >= 15 is 0 Å². The van der Waals surface area contributed by atoms with Crippen molar-refractivity contribution in [1.29, 1.82) is 0 Å².